The molecule has 3 heterocycles. The Morgan fingerprint density at radius 3 is 2.68 bits per heavy atom. The Labute approximate surface area is 225 Å². The molecule has 0 aromatic heterocycles. The summed E-state index contributed by atoms with van der Waals surface area (Å²) in [5.74, 6) is 0.557. The van der Waals surface area contributed by atoms with Crippen LogP contribution in [-0.2, 0) is 16.2 Å². The lowest BCUT2D eigenvalue weighted by atomic mass is 10.1. The van der Waals surface area contributed by atoms with Gasteiger partial charge in [-0.05, 0) is 73.4 Å². The monoisotopic (exact) mass is 531 g/mol. The highest BCUT2D eigenvalue weighted by molar-refractivity contribution is 8.27. The van der Waals surface area contributed by atoms with Crippen LogP contribution in [0.2, 0.25) is 0 Å². The van der Waals surface area contributed by atoms with E-state index in [0.717, 1.165) is 37.1 Å². The van der Waals surface area contributed by atoms with Crippen molar-refractivity contribution in [1.29, 1.82) is 5.41 Å². The molecule has 3 aliphatic rings. The Bertz CT molecular complexity index is 1380. The quantitative estimate of drug-likeness (QED) is 0.499. The van der Waals surface area contributed by atoms with E-state index in [1.54, 1.807) is 18.2 Å². The van der Waals surface area contributed by atoms with Crippen LogP contribution in [0.15, 0.2) is 58.1 Å². The van der Waals surface area contributed by atoms with Crippen LogP contribution in [0.4, 0.5) is 0 Å². The van der Waals surface area contributed by atoms with Crippen molar-refractivity contribution < 1.29 is 19.1 Å². The van der Waals surface area contributed by atoms with Crippen molar-refractivity contribution in [3.63, 3.8) is 0 Å². The fraction of sp³-hybridized carbons (Fsp3) is 0.321. The molecule has 0 atom stereocenters. The molecule has 1 N–H and O–H groups in total. The van der Waals surface area contributed by atoms with Crippen molar-refractivity contribution in [2.24, 2.45) is 10.1 Å². The second kappa shape index (κ2) is 11.2. The Balaban J connectivity index is 1.33. The first kappa shape index (κ1) is 25.7. The lowest BCUT2D eigenvalue weighted by Gasteiger charge is -2.20. The van der Waals surface area contributed by atoms with Crippen molar-refractivity contribution >= 4 is 45.7 Å². The number of aryl methyl sites for hydroxylation is 1. The molecule has 1 fully saturated rings. The summed E-state index contributed by atoms with van der Waals surface area (Å²) in [4.78, 5) is 31.3. The number of nitrogens with one attached hydrogen (secondary N) is 1. The third-order valence-electron chi connectivity index (χ3n) is 6.48. The molecule has 3 aliphatic heterocycles. The molecule has 9 nitrogen and oxygen atoms in total. The minimum Gasteiger partial charge on any atom is -0.490 e. The fourth-order valence-electron chi connectivity index (χ4n) is 4.41. The van der Waals surface area contributed by atoms with E-state index in [1.165, 1.54) is 16.8 Å². The van der Waals surface area contributed by atoms with Crippen molar-refractivity contribution in [3.05, 3.63) is 64.7 Å². The second-order valence-electron chi connectivity index (χ2n) is 9.13. The molecular formula is C28H29N5O4S. The van der Waals surface area contributed by atoms with Crippen molar-refractivity contribution in [1.82, 2.24) is 9.91 Å². The average molecular weight is 532 g/mol. The number of amides is 2. The number of fused-ring (bicyclic) bond motifs is 1. The van der Waals surface area contributed by atoms with Gasteiger partial charge in [0.05, 0.1) is 18.6 Å². The molecule has 0 bridgehead atoms. The van der Waals surface area contributed by atoms with E-state index in [1.807, 2.05) is 49.1 Å². The zero-order chi connectivity index (χ0) is 26.6. The van der Waals surface area contributed by atoms with Gasteiger partial charge in [-0.2, -0.15) is 15.1 Å². The van der Waals surface area contributed by atoms with Gasteiger partial charge in [-0.25, -0.2) is 0 Å². The van der Waals surface area contributed by atoms with Crippen molar-refractivity contribution in [3.8, 4) is 11.5 Å². The molecule has 38 heavy (non-hydrogen) atoms. The predicted octanol–water partition coefficient (Wildman–Crippen LogP) is 4.60. The molecular weight excluding hydrogens is 502 g/mol. The SMILES string of the molecule is CCOc1cc(/C=C2/C(=N)N3N=C(CC(=O)N4CCCC4)SC3=NC2=O)ccc1OCc1ccccc1C. The summed E-state index contributed by atoms with van der Waals surface area (Å²) in [7, 11) is 0. The summed E-state index contributed by atoms with van der Waals surface area (Å²) in [5, 5.41) is 15.2. The summed E-state index contributed by atoms with van der Waals surface area (Å²) in [5.41, 5.74) is 3.01. The number of aliphatic imine (C=N–C) groups is 1. The number of nitrogens with zero attached hydrogens (tertiary/aromatic N) is 4. The highest BCUT2D eigenvalue weighted by Gasteiger charge is 2.36. The van der Waals surface area contributed by atoms with E-state index in [-0.39, 0.29) is 23.7 Å². The molecule has 0 radical (unpaired) electrons. The number of thioether (sulfide) groups is 1. The lowest BCUT2D eigenvalue weighted by molar-refractivity contribution is -0.128. The number of carbonyl (C=O) groups excluding carboxylic acids is 2. The molecule has 10 heteroatoms. The minimum atomic E-state index is -0.520. The van der Waals surface area contributed by atoms with Gasteiger partial charge in [-0.15, -0.1) is 0 Å². The van der Waals surface area contributed by atoms with E-state index in [9.17, 15) is 9.59 Å². The van der Waals surface area contributed by atoms with Gasteiger partial charge in [-0.1, -0.05) is 30.3 Å². The number of carbonyl (C=O) groups is 2. The standard InChI is InChI=1S/C28H29N5O4S/c1-3-36-23-15-19(10-11-22(23)37-17-20-9-5-4-8-18(20)2)14-21-26(29)33-28(30-27(21)35)38-24(31-33)16-25(34)32-12-6-7-13-32/h4-5,8-11,14-15,29H,3,6-7,12-13,16-17H2,1-2H3/b21-14-,29-26?. The molecule has 5 rings (SSSR count). The maximum absolute atomic E-state index is 12.8. The topological polar surface area (TPSA) is 108 Å². The van der Waals surface area contributed by atoms with E-state index < -0.39 is 5.91 Å². The van der Waals surface area contributed by atoms with E-state index in [0.29, 0.717) is 40.5 Å². The third-order valence-corrected chi connectivity index (χ3v) is 7.39. The van der Waals surface area contributed by atoms with Crippen LogP contribution in [0, 0.1) is 12.3 Å². The molecule has 196 valence electrons. The Hall–Kier alpha value is -3.92. The first-order chi connectivity index (χ1) is 18.4. The molecule has 0 unspecified atom stereocenters. The summed E-state index contributed by atoms with van der Waals surface area (Å²) < 4.78 is 11.9. The van der Waals surface area contributed by atoms with Crippen LogP contribution < -0.4 is 9.47 Å². The van der Waals surface area contributed by atoms with E-state index in [4.69, 9.17) is 14.9 Å². The number of hydrazone groups is 1. The van der Waals surface area contributed by atoms with Crippen LogP contribution in [0.25, 0.3) is 6.08 Å². The Kier molecular flexibility index (Phi) is 7.59. The minimum absolute atomic E-state index is 0.0102. The summed E-state index contributed by atoms with van der Waals surface area (Å²) in [6.45, 7) is 6.31. The van der Waals surface area contributed by atoms with Crippen molar-refractivity contribution in [2.45, 2.75) is 39.7 Å². The van der Waals surface area contributed by atoms with Gasteiger partial charge in [0.15, 0.2) is 17.3 Å². The molecule has 2 aromatic rings. The molecule has 0 saturated carbocycles. The van der Waals surface area contributed by atoms with Crippen LogP contribution >= 0.6 is 11.8 Å². The van der Waals surface area contributed by atoms with Gasteiger partial charge in [0.25, 0.3) is 5.91 Å². The zero-order valence-corrected chi connectivity index (χ0v) is 22.2. The normalized spacial score (nSPS) is 18.0. The first-order valence-electron chi connectivity index (χ1n) is 12.6. The molecule has 2 aromatic carbocycles. The van der Waals surface area contributed by atoms with Gasteiger partial charge in [0.1, 0.15) is 11.7 Å². The zero-order valence-electron chi connectivity index (χ0n) is 21.4. The van der Waals surface area contributed by atoms with Gasteiger partial charge in [0, 0.05) is 13.1 Å². The van der Waals surface area contributed by atoms with Gasteiger partial charge in [0.2, 0.25) is 11.1 Å². The lowest BCUT2D eigenvalue weighted by Crippen LogP contribution is -2.35. The van der Waals surface area contributed by atoms with Gasteiger partial charge < -0.3 is 14.4 Å². The van der Waals surface area contributed by atoms with E-state index >= 15 is 0 Å². The number of ether oxygens (including phenoxy) is 2. The first-order valence-corrected chi connectivity index (χ1v) is 13.5. The van der Waals surface area contributed by atoms with Crippen LogP contribution in [0.3, 0.4) is 0 Å². The molecule has 0 spiro atoms. The van der Waals surface area contributed by atoms with Crippen molar-refractivity contribution in [2.75, 3.05) is 19.7 Å². The summed E-state index contributed by atoms with van der Waals surface area (Å²) in [6, 6.07) is 13.4. The smallest absolute Gasteiger partial charge is 0.283 e. The maximum atomic E-state index is 12.8. The molecule has 2 amide bonds. The maximum Gasteiger partial charge on any atom is 0.283 e. The number of likely N-dealkylation sites (tertiary alicyclic amines) is 1. The Morgan fingerprint density at radius 2 is 1.92 bits per heavy atom. The summed E-state index contributed by atoms with van der Waals surface area (Å²) in [6.07, 6.45) is 3.78. The predicted molar refractivity (Wildman–Crippen MR) is 149 cm³/mol. The number of hydrogen-bond acceptors (Lipinski definition) is 7. The van der Waals surface area contributed by atoms with E-state index in [2.05, 4.69) is 10.1 Å². The second-order valence-corrected chi connectivity index (χ2v) is 10.2. The highest BCUT2D eigenvalue weighted by Crippen LogP contribution is 2.33. The summed E-state index contributed by atoms with van der Waals surface area (Å²) >= 11 is 1.17. The molecule has 1 saturated heterocycles. The number of amidine groups is 2. The van der Waals surface area contributed by atoms with Crippen LogP contribution in [0.5, 0.6) is 11.5 Å². The average Bonchev–Trinajstić information content (AvgIpc) is 3.58. The number of hydrogen-bond donors (Lipinski definition) is 1. The fourth-order valence-corrected chi connectivity index (χ4v) is 5.28. The number of benzene rings is 2. The largest absolute Gasteiger partial charge is 0.490 e. The van der Waals surface area contributed by atoms with Gasteiger partial charge >= 0.3 is 0 Å². The number of rotatable bonds is 8. The van der Waals surface area contributed by atoms with Gasteiger partial charge in [-0.3, -0.25) is 15.0 Å². The highest BCUT2D eigenvalue weighted by atomic mass is 32.2. The Morgan fingerprint density at radius 1 is 1.13 bits per heavy atom. The van der Waals surface area contributed by atoms with Crippen LogP contribution in [0.1, 0.15) is 42.9 Å². The van der Waals surface area contributed by atoms with Crippen LogP contribution in [-0.4, -0.2) is 57.5 Å². The third kappa shape index (κ3) is 5.50. The molecule has 0 aliphatic carbocycles.